The number of carbonyl (C=O) groups excluding carboxylic acids is 3. The average Bonchev–Trinajstić information content (AvgIpc) is 3.51. The molecule has 1 aromatic heterocycles. The zero-order valence-corrected chi connectivity index (χ0v) is 26.0. The highest BCUT2D eigenvalue weighted by Crippen LogP contribution is 2.54. The highest BCUT2D eigenvalue weighted by molar-refractivity contribution is 8.00. The summed E-state index contributed by atoms with van der Waals surface area (Å²) in [4.78, 5) is 56.1. The number of aromatic amines is 1. The molecule has 0 bridgehead atoms. The molecule has 2 unspecified atom stereocenters. The van der Waals surface area contributed by atoms with Crippen molar-refractivity contribution in [3.05, 3.63) is 98.0 Å². The van der Waals surface area contributed by atoms with Crippen molar-refractivity contribution in [2.24, 2.45) is 5.92 Å². The molecule has 238 valence electrons. The predicted octanol–water partition coefficient (Wildman–Crippen LogP) is 5.98. The molecule has 2 N–H and O–H groups in total. The third kappa shape index (κ3) is 5.89. The number of thioether (sulfide) groups is 1. The number of nitrogens with one attached hydrogen (secondary N) is 2. The summed E-state index contributed by atoms with van der Waals surface area (Å²) in [5.41, 5.74) is 0.483. The van der Waals surface area contributed by atoms with Gasteiger partial charge in [-0.1, -0.05) is 59.0 Å². The molecular formula is C32H26F3N3O6S2. The molecule has 46 heavy (non-hydrogen) atoms. The molecule has 0 saturated carbocycles. The summed E-state index contributed by atoms with van der Waals surface area (Å²) in [5, 5.41) is 2.03. The SMILES string of the molecule is CCOc1cc([C@H]2c3sc(=O)[nH]c3SC3C(=O)N(c4ccccc4C(F)(F)F)C(=O)C32)ccc1OCC(=O)Nc1ccc(C)cc1. The first-order valence-electron chi connectivity index (χ1n) is 14.2. The van der Waals surface area contributed by atoms with Crippen LogP contribution in [0.15, 0.2) is 76.6 Å². The smallest absolute Gasteiger partial charge is 0.418 e. The number of hydrogen-bond donors (Lipinski definition) is 2. The molecule has 14 heteroatoms. The Hall–Kier alpha value is -4.56. The minimum absolute atomic E-state index is 0.226. The van der Waals surface area contributed by atoms with Gasteiger partial charge in [-0.05, 0) is 55.8 Å². The van der Waals surface area contributed by atoms with Crippen LogP contribution in [0.1, 0.15) is 34.4 Å². The number of rotatable bonds is 8. The van der Waals surface area contributed by atoms with E-state index in [-0.39, 0.29) is 24.7 Å². The number of hydrogen-bond acceptors (Lipinski definition) is 8. The van der Waals surface area contributed by atoms with E-state index < -0.39 is 57.1 Å². The van der Waals surface area contributed by atoms with Crippen molar-refractivity contribution < 1.29 is 37.0 Å². The Kier molecular flexibility index (Phi) is 8.42. The normalized spacial score (nSPS) is 19.1. The minimum atomic E-state index is -4.81. The van der Waals surface area contributed by atoms with Crippen molar-refractivity contribution in [3.63, 3.8) is 0 Å². The maximum absolute atomic E-state index is 14.0. The Morgan fingerprint density at radius 1 is 0.978 bits per heavy atom. The van der Waals surface area contributed by atoms with Gasteiger partial charge in [0.2, 0.25) is 11.8 Å². The molecule has 0 aliphatic carbocycles. The molecule has 0 radical (unpaired) electrons. The molecule has 3 heterocycles. The van der Waals surface area contributed by atoms with Crippen molar-refractivity contribution in [3.8, 4) is 11.5 Å². The summed E-state index contributed by atoms with van der Waals surface area (Å²) in [6.45, 7) is 3.58. The van der Waals surface area contributed by atoms with Gasteiger partial charge in [-0.3, -0.25) is 19.2 Å². The van der Waals surface area contributed by atoms with Gasteiger partial charge in [-0.2, -0.15) is 13.2 Å². The Morgan fingerprint density at radius 3 is 2.43 bits per heavy atom. The van der Waals surface area contributed by atoms with Crippen LogP contribution in [0.3, 0.4) is 0 Å². The highest BCUT2D eigenvalue weighted by Gasteiger charge is 2.57. The average molecular weight is 670 g/mol. The van der Waals surface area contributed by atoms with Crippen LogP contribution in [-0.2, 0) is 20.6 Å². The number of aryl methyl sites for hydroxylation is 1. The number of para-hydroxylation sites is 1. The molecule has 9 nitrogen and oxygen atoms in total. The first kappa shape index (κ1) is 31.4. The molecule has 2 aliphatic rings. The summed E-state index contributed by atoms with van der Waals surface area (Å²) in [7, 11) is 0. The van der Waals surface area contributed by atoms with Crippen LogP contribution in [0.2, 0.25) is 0 Å². The van der Waals surface area contributed by atoms with Crippen LogP contribution in [0, 0.1) is 12.8 Å². The largest absolute Gasteiger partial charge is 0.490 e. The van der Waals surface area contributed by atoms with Crippen LogP contribution in [-0.4, -0.2) is 41.2 Å². The monoisotopic (exact) mass is 669 g/mol. The van der Waals surface area contributed by atoms with Crippen LogP contribution in [0.25, 0.3) is 0 Å². The van der Waals surface area contributed by atoms with Crippen LogP contribution < -0.4 is 24.6 Å². The van der Waals surface area contributed by atoms with E-state index in [1.807, 2.05) is 19.1 Å². The fourth-order valence-electron chi connectivity index (χ4n) is 5.60. The van der Waals surface area contributed by atoms with Crippen LogP contribution in [0.4, 0.5) is 24.5 Å². The molecule has 2 aliphatic heterocycles. The van der Waals surface area contributed by atoms with E-state index in [2.05, 4.69) is 10.3 Å². The third-order valence-corrected chi connectivity index (χ3v) is 10.00. The Bertz CT molecular complexity index is 1890. The summed E-state index contributed by atoms with van der Waals surface area (Å²) < 4.78 is 53.4. The lowest BCUT2D eigenvalue weighted by atomic mass is 9.83. The van der Waals surface area contributed by atoms with E-state index in [1.54, 1.807) is 37.3 Å². The van der Waals surface area contributed by atoms with Crippen LogP contribution in [0.5, 0.6) is 11.5 Å². The van der Waals surface area contributed by atoms with E-state index in [1.165, 1.54) is 12.1 Å². The van der Waals surface area contributed by atoms with E-state index in [0.29, 0.717) is 26.1 Å². The number of anilines is 2. The summed E-state index contributed by atoms with van der Waals surface area (Å²) in [6, 6.07) is 16.5. The number of imide groups is 1. The zero-order chi connectivity index (χ0) is 32.7. The molecule has 3 atom stereocenters. The predicted molar refractivity (Wildman–Crippen MR) is 167 cm³/mol. The number of alkyl halides is 3. The maximum Gasteiger partial charge on any atom is 0.418 e. The number of amides is 3. The second-order valence-electron chi connectivity index (χ2n) is 10.6. The number of carbonyl (C=O) groups is 3. The molecule has 6 rings (SSSR count). The molecule has 1 fully saturated rings. The molecule has 4 aromatic rings. The molecule has 1 saturated heterocycles. The molecule has 0 spiro atoms. The Labute approximate surface area is 268 Å². The van der Waals surface area contributed by atoms with Crippen molar-refractivity contribution in [2.45, 2.75) is 36.2 Å². The second-order valence-corrected chi connectivity index (χ2v) is 12.8. The number of halogens is 3. The second kappa shape index (κ2) is 12.3. The van der Waals surface area contributed by atoms with Crippen molar-refractivity contribution in [1.29, 1.82) is 0 Å². The van der Waals surface area contributed by atoms with Crippen LogP contribution >= 0.6 is 23.1 Å². The number of aromatic nitrogens is 1. The van der Waals surface area contributed by atoms with Crippen molar-refractivity contribution >= 4 is 52.2 Å². The topological polar surface area (TPSA) is 118 Å². The number of thiazole rings is 1. The quantitative estimate of drug-likeness (QED) is 0.222. The standard InChI is InChI=1S/C32H26F3N3O6S2/c1-3-43-22-14-17(10-13-21(22)44-15-23(39)36-18-11-8-16(2)9-12-18)24-25-27(45-28-26(24)46-31(42)37-28)30(41)38(29(25)40)20-7-5-4-6-19(20)32(33,34)35/h4-14,24-25,27H,3,15H2,1-2H3,(H,36,39)(H,37,42)/t24-,25?,27?/m1/s1. The van der Waals surface area contributed by atoms with Gasteiger partial charge in [0.15, 0.2) is 18.1 Å². The van der Waals surface area contributed by atoms with Gasteiger partial charge in [0.25, 0.3) is 5.91 Å². The number of H-pyrrole nitrogens is 1. The van der Waals surface area contributed by atoms with Crippen molar-refractivity contribution in [2.75, 3.05) is 23.4 Å². The molecule has 3 aromatic carbocycles. The van der Waals surface area contributed by atoms with Gasteiger partial charge in [0, 0.05) is 16.5 Å². The Balaban J connectivity index is 1.33. The molecule has 3 amide bonds. The van der Waals surface area contributed by atoms with E-state index in [0.717, 1.165) is 40.8 Å². The lowest BCUT2D eigenvalue weighted by Gasteiger charge is -2.30. The summed E-state index contributed by atoms with van der Waals surface area (Å²) in [6.07, 6.45) is -4.81. The maximum atomic E-state index is 14.0. The van der Waals surface area contributed by atoms with E-state index >= 15 is 0 Å². The zero-order valence-electron chi connectivity index (χ0n) is 24.3. The van der Waals surface area contributed by atoms with Gasteiger partial charge in [-0.15, -0.1) is 0 Å². The Morgan fingerprint density at radius 2 is 1.72 bits per heavy atom. The lowest BCUT2D eigenvalue weighted by molar-refractivity contribution is -0.137. The van der Waals surface area contributed by atoms with E-state index in [4.69, 9.17) is 9.47 Å². The minimum Gasteiger partial charge on any atom is -0.490 e. The van der Waals surface area contributed by atoms with Gasteiger partial charge >= 0.3 is 11.0 Å². The van der Waals surface area contributed by atoms with Gasteiger partial charge < -0.3 is 19.8 Å². The van der Waals surface area contributed by atoms with Gasteiger partial charge in [-0.25, -0.2) is 4.90 Å². The first-order valence-corrected chi connectivity index (χ1v) is 15.9. The van der Waals surface area contributed by atoms with E-state index in [9.17, 15) is 32.3 Å². The first-order chi connectivity index (χ1) is 22.0. The molecular weight excluding hydrogens is 643 g/mol. The number of fused-ring (bicyclic) bond motifs is 2. The lowest BCUT2D eigenvalue weighted by Crippen LogP contribution is -2.33. The van der Waals surface area contributed by atoms with Crippen molar-refractivity contribution in [1.82, 2.24) is 4.98 Å². The third-order valence-electron chi connectivity index (χ3n) is 7.60. The summed E-state index contributed by atoms with van der Waals surface area (Å²) in [5.74, 6) is -3.49. The summed E-state index contributed by atoms with van der Waals surface area (Å²) >= 11 is 1.83. The van der Waals surface area contributed by atoms with Gasteiger partial charge in [0.05, 0.1) is 28.8 Å². The fraction of sp³-hybridized carbons (Fsp3) is 0.250. The number of nitrogens with zero attached hydrogens (tertiary/aromatic N) is 1. The number of benzene rings is 3. The fourth-order valence-corrected chi connectivity index (χ4v) is 8.12. The van der Waals surface area contributed by atoms with Gasteiger partial charge in [0.1, 0.15) is 5.25 Å². The number of ether oxygens (including phenoxy) is 2. The highest BCUT2D eigenvalue weighted by atomic mass is 32.2.